The van der Waals surface area contributed by atoms with E-state index in [1.165, 1.54) is 42.5 Å². The highest BCUT2D eigenvalue weighted by Gasteiger charge is 2.64. The maximum Gasteiger partial charge on any atom is 0.239 e. The third kappa shape index (κ3) is 2.57. The van der Waals surface area contributed by atoms with Crippen molar-refractivity contribution >= 4 is 23.3 Å². The van der Waals surface area contributed by atoms with Crippen LogP contribution in [0.2, 0.25) is 0 Å². The van der Waals surface area contributed by atoms with Gasteiger partial charge in [-0.1, -0.05) is 12.1 Å². The van der Waals surface area contributed by atoms with Gasteiger partial charge in [-0.2, -0.15) is 0 Å². The topological polar surface area (TPSA) is 57.7 Å². The van der Waals surface area contributed by atoms with Crippen molar-refractivity contribution in [1.82, 2.24) is 4.90 Å². The minimum absolute atomic E-state index is 0.0746. The van der Waals surface area contributed by atoms with Gasteiger partial charge in [0.05, 0.1) is 23.6 Å². The Balaban J connectivity index is 1.56. The molecule has 29 heavy (non-hydrogen) atoms. The van der Waals surface area contributed by atoms with E-state index in [0.717, 1.165) is 11.3 Å². The van der Waals surface area contributed by atoms with Gasteiger partial charge in [0.25, 0.3) is 0 Å². The molecule has 5 rings (SSSR count). The van der Waals surface area contributed by atoms with Gasteiger partial charge in [0.1, 0.15) is 11.6 Å². The van der Waals surface area contributed by atoms with E-state index in [1.54, 1.807) is 6.07 Å². The molecule has 0 bridgehead atoms. The van der Waals surface area contributed by atoms with Crippen LogP contribution in [0.15, 0.2) is 48.5 Å². The van der Waals surface area contributed by atoms with E-state index in [1.807, 2.05) is 4.90 Å². The summed E-state index contributed by atoms with van der Waals surface area (Å²) in [6.45, 7) is 0.621. The molecule has 2 amide bonds. The number of hydrogen-bond acceptors (Lipinski definition) is 4. The Morgan fingerprint density at radius 2 is 1.62 bits per heavy atom. The molecule has 2 aromatic carbocycles. The average Bonchev–Trinajstić information content (AvgIpc) is 3.35. The first-order valence-corrected chi connectivity index (χ1v) is 9.67. The van der Waals surface area contributed by atoms with Gasteiger partial charge < -0.3 is 0 Å². The summed E-state index contributed by atoms with van der Waals surface area (Å²) in [6.07, 6.45) is 1.53. The summed E-state index contributed by atoms with van der Waals surface area (Å²) >= 11 is 0. The summed E-state index contributed by atoms with van der Waals surface area (Å²) in [5.41, 5.74) is 0.224. The number of anilines is 1. The first kappa shape index (κ1) is 18.1. The number of carbonyl (C=O) groups excluding carboxylic acids is 3. The second-order valence-corrected chi connectivity index (χ2v) is 7.78. The molecule has 4 atom stereocenters. The number of benzene rings is 2. The maximum absolute atomic E-state index is 14.3. The quantitative estimate of drug-likeness (QED) is 0.591. The fourth-order valence-electron chi connectivity index (χ4n) is 5.17. The number of halogens is 2. The number of rotatable bonds is 3. The van der Waals surface area contributed by atoms with Crippen molar-refractivity contribution in [3.05, 3.63) is 65.7 Å². The highest BCUT2D eigenvalue weighted by atomic mass is 19.1. The van der Waals surface area contributed by atoms with Crippen molar-refractivity contribution < 1.29 is 23.2 Å². The van der Waals surface area contributed by atoms with Gasteiger partial charge in [0.15, 0.2) is 5.78 Å². The number of hydrogen-bond donors (Lipinski definition) is 0. The van der Waals surface area contributed by atoms with E-state index in [9.17, 15) is 23.2 Å². The minimum atomic E-state index is -0.857. The molecule has 0 aliphatic carbocycles. The first-order valence-electron chi connectivity index (χ1n) is 9.67. The molecular weight excluding hydrogens is 378 g/mol. The Kier molecular flexibility index (Phi) is 4.10. The van der Waals surface area contributed by atoms with Crippen molar-refractivity contribution in [3.63, 3.8) is 0 Å². The monoisotopic (exact) mass is 396 g/mol. The number of ketones is 1. The number of imide groups is 1. The van der Waals surface area contributed by atoms with Gasteiger partial charge in [-0.15, -0.1) is 0 Å². The van der Waals surface area contributed by atoms with Gasteiger partial charge in [-0.3, -0.25) is 19.3 Å². The van der Waals surface area contributed by atoms with Crippen LogP contribution in [0.25, 0.3) is 0 Å². The molecule has 3 saturated heterocycles. The molecule has 3 aliphatic rings. The highest BCUT2D eigenvalue weighted by molar-refractivity contribution is 6.24. The molecule has 0 N–H and O–H groups in total. The third-order valence-corrected chi connectivity index (χ3v) is 6.34. The number of para-hydroxylation sites is 1. The van der Waals surface area contributed by atoms with E-state index in [4.69, 9.17) is 0 Å². The summed E-state index contributed by atoms with van der Waals surface area (Å²) in [5, 5.41) is 0. The largest absolute Gasteiger partial charge is 0.292 e. The van der Waals surface area contributed by atoms with Crippen molar-refractivity contribution in [2.45, 2.75) is 24.9 Å². The lowest BCUT2D eigenvalue weighted by atomic mass is 9.85. The van der Waals surface area contributed by atoms with Crippen LogP contribution in [-0.2, 0) is 9.59 Å². The lowest BCUT2D eigenvalue weighted by Crippen LogP contribution is -2.46. The number of nitrogens with zero attached hydrogens (tertiary/aromatic N) is 2. The predicted octanol–water partition coefficient (Wildman–Crippen LogP) is 2.80. The molecule has 3 aliphatic heterocycles. The number of amides is 2. The molecule has 0 aromatic heterocycles. The zero-order chi connectivity index (χ0) is 20.3. The van der Waals surface area contributed by atoms with Gasteiger partial charge >= 0.3 is 0 Å². The molecule has 3 fully saturated rings. The van der Waals surface area contributed by atoms with Gasteiger partial charge in [0.2, 0.25) is 11.8 Å². The van der Waals surface area contributed by atoms with Crippen LogP contribution < -0.4 is 4.90 Å². The summed E-state index contributed by atoms with van der Waals surface area (Å²) < 4.78 is 27.6. The second kappa shape index (κ2) is 6.56. The molecule has 5 nitrogen and oxygen atoms in total. The summed E-state index contributed by atoms with van der Waals surface area (Å²) in [4.78, 5) is 42.6. The van der Waals surface area contributed by atoms with Gasteiger partial charge in [-0.25, -0.2) is 13.7 Å². The summed E-state index contributed by atoms with van der Waals surface area (Å²) in [5.74, 6) is -3.93. The van der Waals surface area contributed by atoms with Crippen LogP contribution >= 0.6 is 0 Å². The van der Waals surface area contributed by atoms with Crippen LogP contribution in [-0.4, -0.2) is 41.1 Å². The van der Waals surface area contributed by atoms with Crippen molar-refractivity contribution in [2.75, 3.05) is 11.4 Å². The number of fused-ring (bicyclic) bond motifs is 3. The van der Waals surface area contributed by atoms with Crippen molar-refractivity contribution in [3.8, 4) is 0 Å². The SMILES string of the molecule is O=C(c1ccc(F)cc1)[C@H]1[C@H]2C(=O)N(c3ccccc3F)C(=O)[C@@H]2[C@H]2CCCN21. The lowest BCUT2D eigenvalue weighted by molar-refractivity contribution is -0.123. The van der Waals surface area contributed by atoms with E-state index < -0.39 is 41.3 Å². The summed E-state index contributed by atoms with van der Waals surface area (Å²) in [6, 6.07) is 9.83. The molecule has 0 saturated carbocycles. The Bertz CT molecular complexity index is 1020. The Labute approximate surface area is 165 Å². The lowest BCUT2D eigenvalue weighted by Gasteiger charge is -2.27. The fourth-order valence-corrected chi connectivity index (χ4v) is 5.17. The van der Waals surface area contributed by atoms with E-state index in [-0.39, 0.29) is 17.5 Å². The average molecular weight is 396 g/mol. The Morgan fingerprint density at radius 3 is 2.34 bits per heavy atom. The van der Waals surface area contributed by atoms with Crippen LogP contribution in [0.5, 0.6) is 0 Å². The Hall–Kier alpha value is -2.93. The molecule has 7 heteroatoms. The second-order valence-electron chi connectivity index (χ2n) is 7.78. The zero-order valence-electron chi connectivity index (χ0n) is 15.4. The van der Waals surface area contributed by atoms with Crippen molar-refractivity contribution in [2.24, 2.45) is 11.8 Å². The maximum atomic E-state index is 14.3. The molecule has 2 aromatic rings. The molecule has 0 unspecified atom stereocenters. The van der Waals surface area contributed by atoms with Gasteiger partial charge in [0, 0.05) is 11.6 Å². The molecule has 0 radical (unpaired) electrons. The number of carbonyl (C=O) groups is 3. The van der Waals surface area contributed by atoms with E-state index >= 15 is 0 Å². The fraction of sp³-hybridized carbons (Fsp3) is 0.318. The van der Waals surface area contributed by atoms with E-state index in [2.05, 4.69) is 0 Å². The Morgan fingerprint density at radius 1 is 0.931 bits per heavy atom. The minimum Gasteiger partial charge on any atom is -0.292 e. The molecule has 148 valence electrons. The smallest absolute Gasteiger partial charge is 0.239 e. The standard InChI is InChI=1S/C22H18F2N2O3/c23-13-9-7-12(8-10-13)20(27)19-18-17(16-6-3-11-25(16)19)21(28)26(22(18)29)15-5-2-1-4-14(15)24/h1-2,4-5,7-10,16-19H,3,6,11H2/t16-,17-,18+,19-/m1/s1. The zero-order valence-corrected chi connectivity index (χ0v) is 15.4. The van der Waals surface area contributed by atoms with E-state index in [0.29, 0.717) is 18.5 Å². The predicted molar refractivity (Wildman–Crippen MR) is 100 cm³/mol. The van der Waals surface area contributed by atoms with Gasteiger partial charge in [-0.05, 0) is 55.8 Å². The van der Waals surface area contributed by atoms with Crippen molar-refractivity contribution in [1.29, 1.82) is 0 Å². The van der Waals surface area contributed by atoms with Crippen LogP contribution in [0, 0.1) is 23.5 Å². The molecule has 0 spiro atoms. The normalized spacial score (nSPS) is 28.7. The highest BCUT2D eigenvalue weighted by Crippen LogP contribution is 2.48. The van der Waals surface area contributed by atoms with Crippen LogP contribution in [0.3, 0.4) is 0 Å². The molecular formula is C22H18F2N2O3. The summed E-state index contributed by atoms with van der Waals surface area (Å²) in [7, 11) is 0. The molecule has 3 heterocycles. The third-order valence-electron chi connectivity index (χ3n) is 6.34. The van der Waals surface area contributed by atoms with Crippen LogP contribution in [0.4, 0.5) is 14.5 Å². The number of Topliss-reactive ketones (excluding diaryl/α,β-unsaturated/α-hetero) is 1. The van der Waals surface area contributed by atoms with Crippen LogP contribution in [0.1, 0.15) is 23.2 Å². The first-order chi connectivity index (χ1) is 14.0.